The molecule has 1 atom stereocenters. The molecule has 0 spiro atoms. The van der Waals surface area contributed by atoms with Crippen molar-refractivity contribution in [2.45, 2.75) is 25.7 Å². The van der Waals surface area contributed by atoms with Crippen molar-refractivity contribution in [3.8, 4) is 12.1 Å². The molecule has 1 aromatic rings. The van der Waals surface area contributed by atoms with Crippen molar-refractivity contribution in [2.75, 3.05) is 0 Å². The molecule has 0 saturated heterocycles. The Morgan fingerprint density at radius 2 is 1.88 bits per heavy atom. The maximum Gasteiger partial charge on any atom is 0.154 e. The SMILES string of the molecule is C=CCC(C#N)(C#N)C(CC)c1ccccc1. The van der Waals surface area contributed by atoms with E-state index in [0.717, 1.165) is 12.0 Å². The second-order valence-electron chi connectivity index (χ2n) is 4.06. The Morgan fingerprint density at radius 3 is 2.29 bits per heavy atom. The molecule has 1 unspecified atom stereocenters. The quantitative estimate of drug-likeness (QED) is 0.714. The van der Waals surface area contributed by atoms with Gasteiger partial charge in [-0.1, -0.05) is 43.3 Å². The standard InChI is InChI=1S/C15H16N2/c1-3-10-15(11-16,12-17)14(4-2)13-8-6-5-7-9-13/h3,5-9,14H,1,4,10H2,2H3. The zero-order valence-electron chi connectivity index (χ0n) is 10.1. The number of nitrogens with zero attached hydrogens (tertiary/aromatic N) is 2. The molecule has 2 heteroatoms. The average Bonchev–Trinajstić information content (AvgIpc) is 2.39. The van der Waals surface area contributed by atoms with Crippen LogP contribution in [0.15, 0.2) is 43.0 Å². The van der Waals surface area contributed by atoms with Gasteiger partial charge in [-0.15, -0.1) is 6.58 Å². The zero-order chi connectivity index (χ0) is 12.7. The fraction of sp³-hybridized carbons (Fsp3) is 0.333. The molecule has 1 aromatic carbocycles. The van der Waals surface area contributed by atoms with E-state index in [0.29, 0.717) is 6.42 Å². The Morgan fingerprint density at radius 1 is 1.29 bits per heavy atom. The summed E-state index contributed by atoms with van der Waals surface area (Å²) in [5.74, 6) is -0.0725. The summed E-state index contributed by atoms with van der Waals surface area (Å²) in [5.41, 5.74) is 0.0395. The Kier molecular flexibility index (Phi) is 4.49. The van der Waals surface area contributed by atoms with Crippen LogP contribution in [-0.4, -0.2) is 0 Å². The first-order valence-corrected chi connectivity index (χ1v) is 5.72. The summed E-state index contributed by atoms with van der Waals surface area (Å²) in [4.78, 5) is 0. The lowest BCUT2D eigenvalue weighted by atomic mass is 9.70. The van der Waals surface area contributed by atoms with Crippen LogP contribution in [0, 0.1) is 28.1 Å². The molecule has 0 N–H and O–H groups in total. The summed E-state index contributed by atoms with van der Waals surface area (Å²) >= 11 is 0. The normalized spacial score (nSPS) is 12.2. The Bertz CT molecular complexity index is 434. The van der Waals surface area contributed by atoms with E-state index in [9.17, 15) is 10.5 Å². The van der Waals surface area contributed by atoms with Crippen molar-refractivity contribution in [2.24, 2.45) is 5.41 Å². The Labute approximate surface area is 103 Å². The summed E-state index contributed by atoms with van der Waals surface area (Å²) in [6.45, 7) is 5.65. The van der Waals surface area contributed by atoms with Gasteiger partial charge in [0.05, 0.1) is 12.1 Å². The van der Waals surface area contributed by atoms with Crippen LogP contribution in [0.5, 0.6) is 0 Å². The molecule has 0 aliphatic carbocycles. The fourth-order valence-corrected chi connectivity index (χ4v) is 2.20. The highest BCUT2D eigenvalue weighted by Crippen LogP contribution is 2.40. The van der Waals surface area contributed by atoms with Crippen LogP contribution >= 0.6 is 0 Å². The van der Waals surface area contributed by atoms with Crippen LogP contribution in [0.1, 0.15) is 31.2 Å². The number of nitriles is 2. The highest BCUT2D eigenvalue weighted by molar-refractivity contribution is 5.31. The van der Waals surface area contributed by atoms with Gasteiger partial charge in [-0.3, -0.25) is 0 Å². The van der Waals surface area contributed by atoms with E-state index in [1.54, 1.807) is 6.08 Å². The largest absolute Gasteiger partial charge is 0.197 e. The van der Waals surface area contributed by atoms with Crippen LogP contribution in [0.2, 0.25) is 0 Å². The summed E-state index contributed by atoms with van der Waals surface area (Å²) in [6.07, 6.45) is 2.81. The maximum absolute atomic E-state index is 9.35. The van der Waals surface area contributed by atoms with Crippen molar-refractivity contribution in [1.29, 1.82) is 10.5 Å². The van der Waals surface area contributed by atoms with E-state index < -0.39 is 5.41 Å². The van der Waals surface area contributed by atoms with Crippen LogP contribution in [0.3, 0.4) is 0 Å². The van der Waals surface area contributed by atoms with Gasteiger partial charge in [0.25, 0.3) is 0 Å². The Hall–Kier alpha value is -2.06. The van der Waals surface area contributed by atoms with Gasteiger partial charge in [-0.05, 0) is 18.4 Å². The molecule has 0 radical (unpaired) electrons. The summed E-state index contributed by atoms with van der Waals surface area (Å²) in [6, 6.07) is 14.1. The molecule has 86 valence electrons. The molecule has 1 rings (SSSR count). The van der Waals surface area contributed by atoms with Gasteiger partial charge in [-0.2, -0.15) is 10.5 Å². The highest BCUT2D eigenvalue weighted by atomic mass is 14.5. The molecule has 2 nitrogen and oxygen atoms in total. The number of allylic oxidation sites excluding steroid dienone is 1. The van der Waals surface area contributed by atoms with E-state index in [1.165, 1.54) is 0 Å². The van der Waals surface area contributed by atoms with E-state index in [2.05, 4.69) is 18.7 Å². The third-order valence-corrected chi connectivity index (χ3v) is 3.07. The van der Waals surface area contributed by atoms with Crippen molar-refractivity contribution < 1.29 is 0 Å². The van der Waals surface area contributed by atoms with Crippen LogP contribution in [0.25, 0.3) is 0 Å². The molecular weight excluding hydrogens is 208 g/mol. The van der Waals surface area contributed by atoms with Gasteiger partial charge >= 0.3 is 0 Å². The van der Waals surface area contributed by atoms with Crippen LogP contribution in [-0.2, 0) is 0 Å². The lowest BCUT2D eigenvalue weighted by Crippen LogP contribution is -2.25. The second-order valence-corrected chi connectivity index (χ2v) is 4.06. The minimum atomic E-state index is -1.00. The molecule has 0 saturated carbocycles. The molecule has 0 fully saturated rings. The van der Waals surface area contributed by atoms with Crippen molar-refractivity contribution in [3.05, 3.63) is 48.6 Å². The van der Waals surface area contributed by atoms with Gasteiger partial charge in [0.15, 0.2) is 5.41 Å². The van der Waals surface area contributed by atoms with Crippen molar-refractivity contribution in [1.82, 2.24) is 0 Å². The number of hydrogen-bond acceptors (Lipinski definition) is 2. The molecule has 0 aliphatic heterocycles. The lowest BCUT2D eigenvalue weighted by Gasteiger charge is -2.27. The minimum Gasteiger partial charge on any atom is -0.197 e. The first kappa shape index (κ1) is 13.0. The summed E-state index contributed by atoms with van der Waals surface area (Å²) < 4.78 is 0. The topological polar surface area (TPSA) is 47.6 Å². The van der Waals surface area contributed by atoms with Gasteiger partial charge in [-0.25, -0.2) is 0 Å². The second kappa shape index (κ2) is 5.87. The third-order valence-electron chi connectivity index (χ3n) is 3.07. The third kappa shape index (κ3) is 2.55. The molecule has 0 amide bonds. The highest BCUT2D eigenvalue weighted by Gasteiger charge is 2.38. The molecule has 17 heavy (non-hydrogen) atoms. The smallest absolute Gasteiger partial charge is 0.154 e. The Balaban J connectivity index is 3.21. The van der Waals surface area contributed by atoms with Gasteiger partial charge in [0, 0.05) is 5.92 Å². The summed E-state index contributed by atoms with van der Waals surface area (Å²) in [7, 11) is 0. The van der Waals surface area contributed by atoms with Crippen LogP contribution in [0.4, 0.5) is 0 Å². The molecular formula is C15H16N2. The van der Waals surface area contributed by atoms with E-state index in [-0.39, 0.29) is 5.92 Å². The maximum atomic E-state index is 9.35. The number of hydrogen-bond donors (Lipinski definition) is 0. The fourth-order valence-electron chi connectivity index (χ4n) is 2.20. The van der Waals surface area contributed by atoms with Crippen molar-refractivity contribution >= 4 is 0 Å². The monoisotopic (exact) mass is 224 g/mol. The predicted octanol–water partition coefficient (Wildman–Crippen LogP) is 3.79. The van der Waals surface area contributed by atoms with Crippen LogP contribution < -0.4 is 0 Å². The first-order chi connectivity index (χ1) is 8.24. The molecule has 0 aromatic heterocycles. The average molecular weight is 224 g/mol. The molecule has 0 heterocycles. The minimum absolute atomic E-state index is 0.0725. The molecule has 0 bridgehead atoms. The zero-order valence-corrected chi connectivity index (χ0v) is 10.1. The van der Waals surface area contributed by atoms with Gasteiger partial charge in [0.2, 0.25) is 0 Å². The number of rotatable bonds is 5. The summed E-state index contributed by atoms with van der Waals surface area (Å²) in [5, 5.41) is 18.7. The van der Waals surface area contributed by atoms with Crippen molar-refractivity contribution in [3.63, 3.8) is 0 Å². The predicted molar refractivity (Wildman–Crippen MR) is 67.9 cm³/mol. The molecule has 0 aliphatic rings. The van der Waals surface area contributed by atoms with Gasteiger partial charge < -0.3 is 0 Å². The number of benzene rings is 1. The van der Waals surface area contributed by atoms with E-state index >= 15 is 0 Å². The van der Waals surface area contributed by atoms with E-state index in [1.807, 2.05) is 37.3 Å². The van der Waals surface area contributed by atoms with E-state index in [4.69, 9.17) is 0 Å². The first-order valence-electron chi connectivity index (χ1n) is 5.72. The van der Waals surface area contributed by atoms with Gasteiger partial charge in [0.1, 0.15) is 0 Å². The lowest BCUT2D eigenvalue weighted by molar-refractivity contribution is 0.403.